The predicted octanol–water partition coefficient (Wildman–Crippen LogP) is 4.11. The summed E-state index contributed by atoms with van der Waals surface area (Å²) in [6.07, 6.45) is -5.42. The Morgan fingerprint density at radius 1 is 1.10 bits per heavy atom. The number of aliphatic hydroxyl groups excluding tert-OH is 1. The maximum absolute atomic E-state index is 12.6. The van der Waals surface area contributed by atoms with Gasteiger partial charge in [0.1, 0.15) is 18.5 Å². The number of nitrogens with one attached hydrogen (secondary N) is 1. The van der Waals surface area contributed by atoms with Gasteiger partial charge in [0.2, 0.25) is 0 Å². The average molecular weight is 438 g/mol. The number of rotatable bonds is 10. The van der Waals surface area contributed by atoms with Crippen molar-refractivity contribution in [2.45, 2.75) is 45.6 Å². The van der Waals surface area contributed by atoms with Gasteiger partial charge in [-0.05, 0) is 62.4 Å². The minimum Gasteiger partial charge on any atom is -0.491 e. The second kappa shape index (κ2) is 11.2. The molecule has 1 unspecified atom stereocenters. The third kappa shape index (κ3) is 7.88. The van der Waals surface area contributed by atoms with Crippen LogP contribution in [0.25, 0.3) is 0 Å². The fraction of sp³-hybridized carbons (Fsp3) is 0.435. The smallest absolute Gasteiger partial charge is 0.416 e. The lowest BCUT2D eigenvalue weighted by molar-refractivity contribution is -0.137. The van der Waals surface area contributed by atoms with E-state index in [1.165, 1.54) is 12.1 Å². The lowest BCUT2D eigenvalue weighted by Crippen LogP contribution is -2.35. The molecule has 8 heteroatoms. The van der Waals surface area contributed by atoms with Crippen LogP contribution >= 0.6 is 0 Å². The standard InChI is InChI=1S/C23H29F3N2O3/c1-4-28(16(2)3)14-17-5-7-18(8-6-17)22(30)27-13-20(29)15-31-21-11-9-19(10-12-21)23(24,25)26/h5-12,16,20,29H,4,13-15H2,1-3H3,(H,27,30). The molecule has 0 aliphatic carbocycles. The number of carbonyl (C=O) groups is 1. The average Bonchev–Trinajstić information content (AvgIpc) is 2.74. The zero-order valence-corrected chi connectivity index (χ0v) is 17.9. The molecule has 0 fully saturated rings. The minimum atomic E-state index is -4.41. The van der Waals surface area contributed by atoms with Crippen LogP contribution in [-0.2, 0) is 12.7 Å². The SMILES string of the molecule is CCN(Cc1ccc(C(=O)NCC(O)COc2ccc(C(F)(F)F)cc2)cc1)C(C)C. The van der Waals surface area contributed by atoms with Gasteiger partial charge in [0.25, 0.3) is 5.91 Å². The quantitative estimate of drug-likeness (QED) is 0.586. The summed E-state index contributed by atoms with van der Waals surface area (Å²) >= 11 is 0. The van der Waals surface area contributed by atoms with Crippen LogP contribution in [0.3, 0.4) is 0 Å². The summed E-state index contributed by atoms with van der Waals surface area (Å²) in [5.74, 6) is -0.118. The second-order valence-electron chi connectivity index (χ2n) is 7.55. The Bertz CT molecular complexity index is 821. The van der Waals surface area contributed by atoms with E-state index in [9.17, 15) is 23.1 Å². The molecular weight excluding hydrogens is 409 g/mol. The number of halogens is 3. The van der Waals surface area contributed by atoms with Gasteiger partial charge in [-0.1, -0.05) is 19.1 Å². The first-order valence-electron chi connectivity index (χ1n) is 10.2. The van der Waals surface area contributed by atoms with E-state index >= 15 is 0 Å². The van der Waals surface area contributed by atoms with Gasteiger partial charge in [0.15, 0.2) is 0 Å². The van der Waals surface area contributed by atoms with Crippen LogP contribution in [0.4, 0.5) is 13.2 Å². The summed E-state index contributed by atoms with van der Waals surface area (Å²) in [5.41, 5.74) is 0.814. The molecule has 31 heavy (non-hydrogen) atoms. The van der Waals surface area contributed by atoms with Crippen LogP contribution in [0.2, 0.25) is 0 Å². The van der Waals surface area contributed by atoms with Crippen LogP contribution in [0.5, 0.6) is 5.75 Å². The fourth-order valence-corrected chi connectivity index (χ4v) is 2.96. The highest BCUT2D eigenvalue weighted by Gasteiger charge is 2.30. The van der Waals surface area contributed by atoms with Crippen molar-refractivity contribution in [3.8, 4) is 5.75 Å². The minimum absolute atomic E-state index is 0.0435. The molecule has 5 nitrogen and oxygen atoms in total. The summed E-state index contributed by atoms with van der Waals surface area (Å²) in [5, 5.41) is 12.6. The summed E-state index contributed by atoms with van der Waals surface area (Å²) < 4.78 is 42.9. The van der Waals surface area contributed by atoms with Crippen LogP contribution in [0, 0.1) is 0 Å². The monoisotopic (exact) mass is 438 g/mol. The van der Waals surface area contributed by atoms with Crippen molar-refractivity contribution < 1.29 is 27.8 Å². The van der Waals surface area contributed by atoms with E-state index in [1.54, 1.807) is 12.1 Å². The van der Waals surface area contributed by atoms with Crippen molar-refractivity contribution in [1.82, 2.24) is 10.2 Å². The number of alkyl halides is 3. The largest absolute Gasteiger partial charge is 0.491 e. The molecule has 0 aromatic heterocycles. The molecule has 0 aliphatic rings. The van der Waals surface area contributed by atoms with Gasteiger partial charge >= 0.3 is 6.18 Å². The van der Waals surface area contributed by atoms with E-state index in [2.05, 4.69) is 31.0 Å². The maximum Gasteiger partial charge on any atom is 0.416 e. The first-order valence-corrected chi connectivity index (χ1v) is 10.2. The molecular formula is C23H29F3N2O3. The van der Waals surface area contributed by atoms with Gasteiger partial charge in [-0.3, -0.25) is 9.69 Å². The molecule has 0 bridgehead atoms. The zero-order chi connectivity index (χ0) is 23.0. The Balaban J connectivity index is 1.78. The van der Waals surface area contributed by atoms with Gasteiger partial charge in [0, 0.05) is 24.7 Å². The lowest BCUT2D eigenvalue weighted by atomic mass is 10.1. The van der Waals surface area contributed by atoms with E-state index in [1.807, 2.05) is 12.1 Å². The van der Waals surface area contributed by atoms with E-state index < -0.39 is 17.8 Å². The first kappa shape index (κ1) is 24.7. The van der Waals surface area contributed by atoms with Crippen molar-refractivity contribution >= 4 is 5.91 Å². The molecule has 0 saturated heterocycles. The van der Waals surface area contributed by atoms with Gasteiger partial charge < -0.3 is 15.2 Å². The van der Waals surface area contributed by atoms with Crippen molar-refractivity contribution in [2.24, 2.45) is 0 Å². The highest BCUT2D eigenvalue weighted by atomic mass is 19.4. The van der Waals surface area contributed by atoms with Crippen LogP contribution in [0.1, 0.15) is 42.3 Å². The Hall–Kier alpha value is -2.58. The number of hydrogen-bond acceptors (Lipinski definition) is 4. The number of nitrogens with zero attached hydrogens (tertiary/aromatic N) is 1. The fourth-order valence-electron chi connectivity index (χ4n) is 2.96. The maximum atomic E-state index is 12.6. The van der Waals surface area contributed by atoms with E-state index in [4.69, 9.17) is 4.74 Å². The molecule has 0 saturated carbocycles. The summed E-state index contributed by atoms with van der Waals surface area (Å²) in [6, 6.07) is 11.9. The number of benzene rings is 2. The Morgan fingerprint density at radius 2 is 1.71 bits per heavy atom. The number of aliphatic hydroxyl groups is 1. The van der Waals surface area contributed by atoms with Crippen LogP contribution < -0.4 is 10.1 Å². The predicted molar refractivity (Wildman–Crippen MR) is 113 cm³/mol. The third-order valence-corrected chi connectivity index (χ3v) is 4.86. The number of carbonyl (C=O) groups excluding carboxylic acids is 1. The van der Waals surface area contributed by atoms with E-state index in [0.717, 1.165) is 30.8 Å². The molecule has 0 aliphatic heterocycles. The van der Waals surface area contributed by atoms with E-state index in [0.29, 0.717) is 11.6 Å². The molecule has 0 heterocycles. The summed E-state index contributed by atoms with van der Waals surface area (Å²) in [4.78, 5) is 14.6. The number of hydrogen-bond donors (Lipinski definition) is 2. The van der Waals surface area contributed by atoms with Crippen LogP contribution in [-0.4, -0.2) is 47.8 Å². The number of amides is 1. The molecule has 2 rings (SSSR count). The van der Waals surface area contributed by atoms with E-state index in [-0.39, 0.29) is 24.8 Å². The zero-order valence-electron chi connectivity index (χ0n) is 17.9. The molecule has 1 atom stereocenters. The summed E-state index contributed by atoms with van der Waals surface area (Å²) in [6.45, 7) is 7.91. The van der Waals surface area contributed by atoms with Gasteiger partial charge in [-0.2, -0.15) is 13.2 Å². The molecule has 2 aromatic carbocycles. The molecule has 2 aromatic rings. The molecule has 0 spiro atoms. The normalized spacial score (nSPS) is 12.8. The summed E-state index contributed by atoms with van der Waals surface area (Å²) in [7, 11) is 0. The van der Waals surface area contributed by atoms with Crippen molar-refractivity contribution in [1.29, 1.82) is 0 Å². The van der Waals surface area contributed by atoms with Gasteiger partial charge in [-0.25, -0.2) is 0 Å². The molecule has 2 N–H and O–H groups in total. The number of ether oxygens (including phenoxy) is 1. The Labute approximate surface area is 180 Å². The van der Waals surface area contributed by atoms with Gasteiger partial charge in [-0.15, -0.1) is 0 Å². The topological polar surface area (TPSA) is 61.8 Å². The van der Waals surface area contributed by atoms with Crippen molar-refractivity contribution in [2.75, 3.05) is 19.7 Å². The third-order valence-electron chi connectivity index (χ3n) is 4.86. The van der Waals surface area contributed by atoms with Crippen LogP contribution in [0.15, 0.2) is 48.5 Å². The van der Waals surface area contributed by atoms with Gasteiger partial charge in [0.05, 0.1) is 5.56 Å². The Morgan fingerprint density at radius 3 is 2.23 bits per heavy atom. The molecule has 170 valence electrons. The highest BCUT2D eigenvalue weighted by molar-refractivity contribution is 5.94. The van der Waals surface area contributed by atoms with Crippen molar-refractivity contribution in [3.05, 3.63) is 65.2 Å². The second-order valence-corrected chi connectivity index (χ2v) is 7.55. The molecule has 0 radical (unpaired) electrons. The lowest BCUT2D eigenvalue weighted by Gasteiger charge is -2.24. The first-order chi connectivity index (χ1) is 14.6. The Kier molecular flexibility index (Phi) is 8.88. The highest BCUT2D eigenvalue weighted by Crippen LogP contribution is 2.30. The van der Waals surface area contributed by atoms with Crippen molar-refractivity contribution in [3.63, 3.8) is 0 Å². The molecule has 1 amide bonds.